The molecule has 1 atom stereocenters. The Hall–Kier alpha value is -1.83. The second kappa shape index (κ2) is 10.2. The third-order valence-corrected chi connectivity index (χ3v) is 4.21. The van der Waals surface area contributed by atoms with Crippen molar-refractivity contribution in [2.24, 2.45) is 11.7 Å². The van der Waals surface area contributed by atoms with Gasteiger partial charge in [0.05, 0.1) is 19.4 Å². The van der Waals surface area contributed by atoms with Crippen molar-refractivity contribution in [2.45, 2.75) is 18.9 Å². The number of hydrogen-bond donors (Lipinski definition) is 2. The number of ether oxygens (including phenoxy) is 2. The van der Waals surface area contributed by atoms with E-state index in [1.165, 1.54) is 7.11 Å². The van der Waals surface area contributed by atoms with Crippen molar-refractivity contribution >= 4 is 29.9 Å². The molecule has 1 aliphatic rings. The fourth-order valence-corrected chi connectivity index (χ4v) is 2.83. The Bertz CT molecular complexity index is 577. The number of rotatable bonds is 6. The van der Waals surface area contributed by atoms with Gasteiger partial charge in [0.2, 0.25) is 11.8 Å². The molecule has 1 aliphatic heterocycles. The highest BCUT2D eigenvalue weighted by molar-refractivity contribution is 5.94. The second-order valence-electron chi connectivity index (χ2n) is 5.85. The van der Waals surface area contributed by atoms with Crippen molar-refractivity contribution in [3.63, 3.8) is 0 Å². The van der Waals surface area contributed by atoms with Crippen LogP contribution in [0, 0.1) is 5.92 Å². The SMILES string of the molecule is COCC(N)C(=O)N1CCC(C(=O)Nc2ccccc2OC)CC1.Cl. The molecule has 0 radical (unpaired) electrons. The van der Waals surface area contributed by atoms with Gasteiger partial charge in [-0.3, -0.25) is 9.59 Å². The number of amides is 2. The maximum atomic E-state index is 12.4. The Labute approximate surface area is 154 Å². The first kappa shape index (κ1) is 21.2. The average Bonchev–Trinajstić information content (AvgIpc) is 2.61. The highest BCUT2D eigenvalue weighted by Gasteiger charge is 2.29. The van der Waals surface area contributed by atoms with Crippen LogP contribution >= 0.6 is 12.4 Å². The van der Waals surface area contributed by atoms with E-state index in [2.05, 4.69) is 5.32 Å². The van der Waals surface area contributed by atoms with Crippen LogP contribution in [0.2, 0.25) is 0 Å². The van der Waals surface area contributed by atoms with E-state index in [1.54, 1.807) is 24.1 Å². The number of nitrogens with zero attached hydrogens (tertiary/aromatic N) is 1. The van der Waals surface area contributed by atoms with Crippen LogP contribution in [0.1, 0.15) is 12.8 Å². The molecule has 3 N–H and O–H groups in total. The van der Waals surface area contributed by atoms with Gasteiger partial charge in [-0.25, -0.2) is 0 Å². The van der Waals surface area contributed by atoms with E-state index in [0.29, 0.717) is 37.4 Å². The Morgan fingerprint density at radius 1 is 1.28 bits per heavy atom. The van der Waals surface area contributed by atoms with Crippen molar-refractivity contribution < 1.29 is 19.1 Å². The quantitative estimate of drug-likeness (QED) is 0.785. The summed E-state index contributed by atoms with van der Waals surface area (Å²) in [7, 11) is 3.08. The van der Waals surface area contributed by atoms with Gasteiger partial charge in [-0.15, -0.1) is 12.4 Å². The molecule has 1 aromatic rings. The first-order valence-electron chi connectivity index (χ1n) is 8.04. The summed E-state index contributed by atoms with van der Waals surface area (Å²) in [5, 5.41) is 2.91. The highest BCUT2D eigenvalue weighted by Crippen LogP contribution is 2.25. The summed E-state index contributed by atoms with van der Waals surface area (Å²) in [5.41, 5.74) is 6.44. The molecule has 0 aliphatic carbocycles. The number of likely N-dealkylation sites (tertiary alicyclic amines) is 1. The molecule has 0 spiro atoms. The molecule has 1 heterocycles. The fraction of sp³-hybridized carbons (Fsp3) is 0.529. The minimum Gasteiger partial charge on any atom is -0.495 e. The Balaban J connectivity index is 0.00000312. The fourth-order valence-electron chi connectivity index (χ4n) is 2.83. The number of halogens is 1. The molecule has 0 aromatic heterocycles. The summed E-state index contributed by atoms with van der Waals surface area (Å²) >= 11 is 0. The van der Waals surface area contributed by atoms with Gasteiger partial charge in [0.1, 0.15) is 11.8 Å². The number of benzene rings is 1. The number of nitrogens with two attached hydrogens (primary N) is 1. The Morgan fingerprint density at radius 2 is 1.92 bits per heavy atom. The van der Waals surface area contributed by atoms with Crippen LogP contribution in [0.4, 0.5) is 5.69 Å². The van der Waals surface area contributed by atoms with E-state index in [-0.39, 0.29) is 36.7 Å². The monoisotopic (exact) mass is 371 g/mol. The summed E-state index contributed by atoms with van der Waals surface area (Å²) in [6, 6.07) is 6.65. The smallest absolute Gasteiger partial charge is 0.241 e. The molecule has 1 fully saturated rings. The maximum absolute atomic E-state index is 12.4. The molecule has 8 heteroatoms. The molecule has 2 amide bonds. The van der Waals surface area contributed by atoms with Gasteiger partial charge in [-0.05, 0) is 25.0 Å². The van der Waals surface area contributed by atoms with Crippen molar-refractivity contribution in [2.75, 3.05) is 39.2 Å². The Kier molecular flexibility index (Phi) is 8.68. The highest BCUT2D eigenvalue weighted by atomic mass is 35.5. The molecule has 2 rings (SSSR count). The lowest BCUT2D eigenvalue weighted by atomic mass is 9.95. The first-order valence-corrected chi connectivity index (χ1v) is 8.04. The molecule has 7 nitrogen and oxygen atoms in total. The Morgan fingerprint density at radius 3 is 2.52 bits per heavy atom. The standard InChI is InChI=1S/C17H25N3O4.ClH/c1-23-11-13(18)17(22)20-9-7-12(8-10-20)16(21)19-14-5-3-4-6-15(14)24-2;/h3-6,12-13H,7-11,18H2,1-2H3,(H,19,21);1H. The zero-order chi connectivity index (χ0) is 17.5. The topological polar surface area (TPSA) is 93.9 Å². The van der Waals surface area contributed by atoms with Crippen molar-refractivity contribution in [3.8, 4) is 5.75 Å². The number of carbonyl (C=O) groups is 2. The first-order chi connectivity index (χ1) is 11.6. The molecule has 1 saturated heterocycles. The van der Waals surface area contributed by atoms with Crippen molar-refractivity contribution in [1.29, 1.82) is 0 Å². The van der Waals surface area contributed by atoms with Crippen LogP contribution in [0.25, 0.3) is 0 Å². The van der Waals surface area contributed by atoms with Gasteiger partial charge in [-0.2, -0.15) is 0 Å². The molecule has 0 saturated carbocycles. The van der Waals surface area contributed by atoms with Gasteiger partial charge in [0.25, 0.3) is 0 Å². The van der Waals surface area contributed by atoms with E-state index in [9.17, 15) is 9.59 Å². The minimum absolute atomic E-state index is 0. The predicted octanol–water partition coefficient (Wildman–Crippen LogP) is 1.27. The second-order valence-corrected chi connectivity index (χ2v) is 5.85. The number of methoxy groups -OCH3 is 2. The van der Waals surface area contributed by atoms with Crippen LogP contribution < -0.4 is 15.8 Å². The van der Waals surface area contributed by atoms with Gasteiger partial charge in [0, 0.05) is 26.1 Å². The number of piperidine rings is 1. The lowest BCUT2D eigenvalue weighted by Crippen LogP contribution is -2.49. The predicted molar refractivity (Wildman–Crippen MR) is 98.0 cm³/mol. The van der Waals surface area contributed by atoms with E-state index in [4.69, 9.17) is 15.2 Å². The largest absolute Gasteiger partial charge is 0.495 e. The number of nitrogens with one attached hydrogen (secondary N) is 1. The lowest BCUT2D eigenvalue weighted by molar-refractivity contribution is -0.136. The van der Waals surface area contributed by atoms with E-state index in [1.807, 2.05) is 12.1 Å². The minimum atomic E-state index is -0.644. The summed E-state index contributed by atoms with van der Waals surface area (Å²) in [6.45, 7) is 1.26. The number of hydrogen-bond acceptors (Lipinski definition) is 5. The third-order valence-electron chi connectivity index (χ3n) is 4.21. The third kappa shape index (κ3) is 5.59. The summed E-state index contributed by atoms with van der Waals surface area (Å²) in [5.74, 6) is 0.329. The van der Waals surface area contributed by atoms with E-state index >= 15 is 0 Å². The summed E-state index contributed by atoms with van der Waals surface area (Å²) in [6.07, 6.45) is 1.23. The normalized spacial score (nSPS) is 15.9. The van der Waals surface area contributed by atoms with Gasteiger partial charge < -0.3 is 25.4 Å². The van der Waals surface area contributed by atoms with Crippen LogP contribution in [0.15, 0.2) is 24.3 Å². The number of anilines is 1. The van der Waals surface area contributed by atoms with Gasteiger partial charge in [-0.1, -0.05) is 12.1 Å². The van der Waals surface area contributed by atoms with E-state index in [0.717, 1.165) is 0 Å². The molecule has 140 valence electrons. The van der Waals surface area contributed by atoms with Crippen LogP contribution in [0.3, 0.4) is 0 Å². The van der Waals surface area contributed by atoms with Gasteiger partial charge in [0.15, 0.2) is 0 Å². The maximum Gasteiger partial charge on any atom is 0.241 e. The van der Waals surface area contributed by atoms with Crippen molar-refractivity contribution in [3.05, 3.63) is 24.3 Å². The molecule has 1 aromatic carbocycles. The van der Waals surface area contributed by atoms with Crippen LogP contribution in [-0.4, -0.2) is 56.7 Å². The lowest BCUT2D eigenvalue weighted by Gasteiger charge is -2.32. The zero-order valence-electron chi connectivity index (χ0n) is 14.6. The molecule has 0 bridgehead atoms. The molecular formula is C17H26ClN3O4. The molecule has 1 unspecified atom stereocenters. The summed E-state index contributed by atoms with van der Waals surface area (Å²) in [4.78, 5) is 26.3. The van der Waals surface area contributed by atoms with Crippen LogP contribution in [0.5, 0.6) is 5.75 Å². The molecule has 25 heavy (non-hydrogen) atoms. The van der Waals surface area contributed by atoms with Gasteiger partial charge >= 0.3 is 0 Å². The zero-order valence-corrected chi connectivity index (χ0v) is 15.4. The number of carbonyl (C=O) groups excluding carboxylic acids is 2. The van der Waals surface area contributed by atoms with E-state index < -0.39 is 6.04 Å². The average molecular weight is 372 g/mol. The van der Waals surface area contributed by atoms with Crippen molar-refractivity contribution in [1.82, 2.24) is 4.90 Å². The number of para-hydroxylation sites is 2. The summed E-state index contributed by atoms with van der Waals surface area (Å²) < 4.78 is 10.2. The molecular weight excluding hydrogens is 346 g/mol. The van der Waals surface area contributed by atoms with Crippen LogP contribution in [-0.2, 0) is 14.3 Å².